The minimum atomic E-state index is -0.645. The molecule has 1 aromatic rings. The number of nitrogens with two attached hydrogens (primary N) is 2. The van der Waals surface area contributed by atoms with Crippen LogP contribution in [0.25, 0.3) is 28.3 Å². The van der Waals surface area contributed by atoms with Crippen LogP contribution in [0.4, 0.5) is 0 Å². The third-order valence-electron chi connectivity index (χ3n) is 5.83. The predicted octanol–water partition coefficient (Wildman–Crippen LogP) is 2.53. The Morgan fingerprint density at radius 3 is 2.69 bits per heavy atom. The number of hydrogen-bond acceptors (Lipinski definition) is 6. The Labute approximate surface area is 165 Å². The van der Waals surface area contributed by atoms with Gasteiger partial charge in [-0.1, -0.05) is 37.5 Å². The zero-order valence-corrected chi connectivity index (χ0v) is 15.7. The number of allylic oxidation sites excluding steroid dienone is 1. The van der Waals surface area contributed by atoms with E-state index in [-0.39, 0.29) is 28.8 Å². The molecule has 1 fully saturated rings. The quantitative estimate of drug-likeness (QED) is 0.690. The lowest BCUT2D eigenvalue weighted by Gasteiger charge is -2.38. The highest BCUT2D eigenvalue weighted by atomic mass is 16.5. The molecule has 8 heteroatoms. The minimum absolute atomic E-state index is 0.0713. The van der Waals surface area contributed by atoms with E-state index in [1.54, 1.807) is 12.1 Å². The van der Waals surface area contributed by atoms with Gasteiger partial charge >= 0.3 is 0 Å². The number of amides is 1. The average Bonchev–Trinajstić information content (AvgIpc) is 3.02. The molecule has 1 aliphatic carbocycles. The molecule has 148 valence electrons. The zero-order chi connectivity index (χ0) is 20.2. The zero-order valence-electron chi connectivity index (χ0n) is 15.7. The number of rotatable bonds is 2. The number of primary amides is 1. The summed E-state index contributed by atoms with van der Waals surface area (Å²) in [6, 6.07) is 9.14. The topological polar surface area (TPSA) is 126 Å². The van der Waals surface area contributed by atoms with Crippen molar-refractivity contribution < 1.29 is 13.9 Å². The van der Waals surface area contributed by atoms with Crippen LogP contribution in [0.1, 0.15) is 32.1 Å². The van der Waals surface area contributed by atoms with Gasteiger partial charge in [0.2, 0.25) is 17.7 Å². The summed E-state index contributed by atoms with van der Waals surface area (Å²) < 4.78 is 12.6. The average molecular weight is 392 g/mol. The molecule has 0 radical (unpaired) electrons. The third kappa shape index (κ3) is 2.63. The smallest absolute Gasteiger partial charge is 0.287 e. The van der Waals surface area contributed by atoms with Crippen LogP contribution in [-0.2, 0) is 9.53 Å². The summed E-state index contributed by atoms with van der Waals surface area (Å²) in [7, 11) is 0. The highest BCUT2D eigenvalue weighted by molar-refractivity contribution is 5.95. The van der Waals surface area contributed by atoms with Crippen LogP contribution in [0.2, 0.25) is 0 Å². The highest BCUT2D eigenvalue weighted by Crippen LogP contribution is 2.48. The number of hydrogen-bond donors (Lipinski definition) is 2. The van der Waals surface area contributed by atoms with Gasteiger partial charge in [0, 0.05) is 10.8 Å². The summed E-state index contributed by atoms with van der Waals surface area (Å²) in [4.78, 5) is 25.1. The van der Waals surface area contributed by atoms with Gasteiger partial charge in [0.15, 0.2) is 0 Å². The second kappa shape index (κ2) is 6.23. The summed E-state index contributed by atoms with van der Waals surface area (Å²) >= 11 is 0. The number of benzene rings is 1. The lowest BCUT2D eigenvalue weighted by Crippen LogP contribution is -2.38. The molecule has 0 atom stereocenters. The van der Waals surface area contributed by atoms with Crippen LogP contribution in [0.3, 0.4) is 0 Å². The van der Waals surface area contributed by atoms with E-state index in [4.69, 9.17) is 20.6 Å². The van der Waals surface area contributed by atoms with Gasteiger partial charge in [0.1, 0.15) is 11.1 Å². The molecule has 3 heterocycles. The fraction of sp³-hybridized carbons (Fsp3) is 0.286. The van der Waals surface area contributed by atoms with E-state index in [1.165, 1.54) is 0 Å². The van der Waals surface area contributed by atoms with Crippen molar-refractivity contribution in [1.82, 2.24) is 9.78 Å². The van der Waals surface area contributed by atoms with E-state index < -0.39 is 11.3 Å². The van der Waals surface area contributed by atoms with E-state index in [0.717, 1.165) is 29.3 Å². The lowest BCUT2D eigenvalue weighted by molar-refractivity contribution is -0.116. The Morgan fingerprint density at radius 2 is 1.93 bits per heavy atom. The third-order valence-corrected chi connectivity index (χ3v) is 5.83. The van der Waals surface area contributed by atoms with Crippen molar-refractivity contribution in [2.24, 2.45) is 16.9 Å². The SMILES string of the molecule is NC(=O)C1=C(N)OC(n2nc3oc4ccccc4cc-3c2=O)=CC12CCCCC2. The molecular formula is C21H20N4O4. The largest absolute Gasteiger partial charge is 0.436 e. The molecule has 29 heavy (non-hydrogen) atoms. The van der Waals surface area contributed by atoms with Crippen molar-refractivity contribution in [2.75, 3.05) is 0 Å². The first kappa shape index (κ1) is 17.5. The first-order valence-electron chi connectivity index (χ1n) is 9.61. The molecule has 4 N–H and O–H groups in total. The van der Waals surface area contributed by atoms with Crippen molar-refractivity contribution in [3.63, 3.8) is 0 Å². The van der Waals surface area contributed by atoms with Gasteiger partial charge in [0.25, 0.3) is 11.5 Å². The van der Waals surface area contributed by atoms with Gasteiger partial charge in [-0.3, -0.25) is 9.59 Å². The number of para-hydroxylation sites is 1. The summed E-state index contributed by atoms with van der Waals surface area (Å²) in [5.41, 5.74) is 11.9. The second-order valence-electron chi connectivity index (χ2n) is 7.62. The maximum atomic E-state index is 13.0. The van der Waals surface area contributed by atoms with Gasteiger partial charge in [-0.15, -0.1) is 5.10 Å². The van der Waals surface area contributed by atoms with Crippen LogP contribution in [0.5, 0.6) is 0 Å². The van der Waals surface area contributed by atoms with Crippen LogP contribution in [0.15, 0.2) is 57.1 Å². The van der Waals surface area contributed by atoms with Gasteiger partial charge < -0.3 is 20.6 Å². The highest BCUT2D eigenvalue weighted by Gasteiger charge is 2.43. The molecule has 5 rings (SSSR count). The van der Waals surface area contributed by atoms with Crippen molar-refractivity contribution in [3.05, 3.63) is 58.2 Å². The molecule has 4 aliphatic rings. The Balaban J connectivity index is 1.69. The number of carbonyl (C=O) groups is 1. The molecule has 0 aromatic heterocycles. The fourth-order valence-corrected chi connectivity index (χ4v) is 4.49. The number of ether oxygens (including phenoxy) is 1. The van der Waals surface area contributed by atoms with Crippen LogP contribution in [-0.4, -0.2) is 15.7 Å². The molecule has 8 nitrogen and oxygen atoms in total. The maximum absolute atomic E-state index is 13.0. The lowest BCUT2D eigenvalue weighted by atomic mass is 9.68. The first-order valence-corrected chi connectivity index (χ1v) is 9.61. The molecule has 0 bridgehead atoms. The number of carbonyl (C=O) groups excluding carboxylic acids is 1. The fourth-order valence-electron chi connectivity index (χ4n) is 4.49. The van der Waals surface area contributed by atoms with Crippen LogP contribution < -0.4 is 17.0 Å². The Bertz CT molecular complexity index is 1230. The normalized spacial score (nSPS) is 18.8. The first-order chi connectivity index (χ1) is 14.0. The molecule has 1 amide bonds. The van der Waals surface area contributed by atoms with Crippen molar-refractivity contribution in [3.8, 4) is 11.5 Å². The summed E-state index contributed by atoms with van der Waals surface area (Å²) in [5.74, 6) is -0.291. The van der Waals surface area contributed by atoms with Crippen LogP contribution in [0, 0.1) is 5.41 Å². The molecule has 3 aliphatic heterocycles. The number of aromatic nitrogens is 2. The number of nitrogens with zero attached hydrogens (tertiary/aromatic N) is 2. The summed E-state index contributed by atoms with van der Waals surface area (Å²) in [6.45, 7) is 0. The van der Waals surface area contributed by atoms with Gasteiger partial charge in [-0.25, -0.2) is 0 Å². The number of fused-ring (bicyclic) bond motifs is 2. The Morgan fingerprint density at radius 1 is 1.17 bits per heavy atom. The van der Waals surface area contributed by atoms with E-state index in [2.05, 4.69) is 5.10 Å². The molecule has 1 spiro atoms. The second-order valence-corrected chi connectivity index (χ2v) is 7.62. The van der Waals surface area contributed by atoms with Gasteiger partial charge in [0.05, 0.1) is 5.57 Å². The monoisotopic (exact) mass is 392 g/mol. The molecule has 1 saturated carbocycles. The van der Waals surface area contributed by atoms with Crippen molar-refractivity contribution >= 4 is 22.8 Å². The van der Waals surface area contributed by atoms with Crippen molar-refractivity contribution in [2.45, 2.75) is 32.1 Å². The van der Waals surface area contributed by atoms with E-state index in [1.807, 2.05) is 24.3 Å². The van der Waals surface area contributed by atoms with Gasteiger partial charge in [-0.05, 0) is 31.1 Å². The molecular weight excluding hydrogens is 372 g/mol. The Hall–Kier alpha value is -3.55. The van der Waals surface area contributed by atoms with Crippen LogP contribution >= 0.6 is 0 Å². The van der Waals surface area contributed by atoms with E-state index in [9.17, 15) is 9.59 Å². The molecule has 1 aromatic carbocycles. The van der Waals surface area contributed by atoms with E-state index in [0.29, 0.717) is 24.0 Å². The Kier molecular flexibility index (Phi) is 3.77. The maximum Gasteiger partial charge on any atom is 0.287 e. The molecule has 0 saturated heterocycles. The standard InChI is InChI=1S/C21H20N4O4/c22-17(26)16-18(23)29-15(11-21(16)8-4-1-5-9-21)25-20(27)13-10-12-6-2-3-7-14(12)28-19(13)24-25/h2-3,6-7,10-11H,1,4-5,8-9,23H2,(H2,22,26). The van der Waals surface area contributed by atoms with Crippen molar-refractivity contribution in [1.29, 1.82) is 0 Å². The summed E-state index contributed by atoms with van der Waals surface area (Å²) in [6.07, 6.45) is 6.13. The van der Waals surface area contributed by atoms with Gasteiger partial charge in [-0.2, -0.15) is 4.68 Å². The summed E-state index contributed by atoms with van der Waals surface area (Å²) in [5, 5.41) is 5.12. The molecule has 0 unspecified atom stereocenters. The predicted molar refractivity (Wildman–Crippen MR) is 106 cm³/mol. The minimum Gasteiger partial charge on any atom is -0.436 e. The van der Waals surface area contributed by atoms with E-state index >= 15 is 0 Å².